The van der Waals surface area contributed by atoms with Crippen LogP contribution in [-0.2, 0) is 9.53 Å². The van der Waals surface area contributed by atoms with Crippen LogP contribution in [0.15, 0.2) is 41.3 Å². The number of carbonyl (C=O) groups is 1. The predicted molar refractivity (Wildman–Crippen MR) is 151 cm³/mol. The summed E-state index contributed by atoms with van der Waals surface area (Å²) in [5.74, 6) is 1.95. The lowest BCUT2D eigenvalue weighted by Gasteiger charge is -2.27. The minimum absolute atomic E-state index is 0. The topological polar surface area (TPSA) is 64.1 Å². The van der Waals surface area contributed by atoms with Gasteiger partial charge in [-0.3, -0.25) is 14.6 Å². The minimum atomic E-state index is -0.244. The first-order chi connectivity index (χ1) is 17.6. The maximum absolute atomic E-state index is 13.4. The Morgan fingerprint density at radius 2 is 1.81 bits per heavy atom. The summed E-state index contributed by atoms with van der Waals surface area (Å²) in [6, 6.07) is 10.1. The molecule has 0 saturated carbocycles. The smallest absolute Gasteiger partial charge is 0.228 e. The van der Waals surface area contributed by atoms with Gasteiger partial charge in [-0.05, 0) is 55.0 Å². The maximum Gasteiger partial charge on any atom is 0.228 e. The van der Waals surface area contributed by atoms with Gasteiger partial charge in [0.1, 0.15) is 27.5 Å². The van der Waals surface area contributed by atoms with E-state index in [1.165, 1.54) is 23.5 Å². The van der Waals surface area contributed by atoms with Crippen LogP contribution in [0.4, 0.5) is 9.52 Å². The molecule has 1 aliphatic rings. The molecular formula is C26H33ClFN3O4S2. The van der Waals surface area contributed by atoms with Crippen LogP contribution in [0.2, 0.25) is 0 Å². The molecule has 0 radical (unpaired) electrons. The third kappa shape index (κ3) is 7.94. The van der Waals surface area contributed by atoms with Crippen molar-refractivity contribution >= 4 is 56.8 Å². The number of nitrogens with zero attached hydrogens (tertiary/aromatic N) is 3. The maximum atomic E-state index is 13.4. The molecule has 0 N–H and O–H groups in total. The molecule has 0 atom stereocenters. The molecule has 202 valence electrons. The lowest BCUT2D eigenvalue weighted by molar-refractivity contribution is -0.118. The average molecular weight is 570 g/mol. The Bertz CT molecular complexity index is 1100. The van der Waals surface area contributed by atoms with Gasteiger partial charge in [0.15, 0.2) is 5.13 Å². The number of thiazole rings is 1. The fourth-order valence-corrected chi connectivity index (χ4v) is 6.04. The molecule has 1 aliphatic heterocycles. The Kier molecular flexibility index (Phi) is 11.7. The third-order valence-electron chi connectivity index (χ3n) is 6.01. The van der Waals surface area contributed by atoms with E-state index in [4.69, 9.17) is 19.2 Å². The average Bonchev–Trinajstić information content (AvgIpc) is 3.35. The molecule has 1 fully saturated rings. The summed E-state index contributed by atoms with van der Waals surface area (Å²) in [6.07, 6.45) is 1.98. The number of morpholine rings is 1. The number of ether oxygens (including phenoxy) is 3. The van der Waals surface area contributed by atoms with E-state index in [0.29, 0.717) is 35.1 Å². The standard InChI is InChI=1S/C26H32FN3O4S2.ClH/c1-32-21-10-11-22(33-2)25-24(21)28-26(36-25)30(13-4-12-29-14-16-34-17-15-29)23(31)5-3-18-35-20-8-6-19(27)7-9-20;/h6-11H,3-5,12-18H2,1-2H3;1H. The van der Waals surface area contributed by atoms with Gasteiger partial charge in [-0.2, -0.15) is 0 Å². The molecule has 11 heteroatoms. The first-order valence-corrected chi connectivity index (χ1v) is 13.9. The quantitative estimate of drug-likeness (QED) is 0.211. The highest BCUT2D eigenvalue weighted by molar-refractivity contribution is 7.99. The van der Waals surface area contributed by atoms with E-state index in [2.05, 4.69) is 4.90 Å². The van der Waals surface area contributed by atoms with Crippen molar-refractivity contribution < 1.29 is 23.4 Å². The van der Waals surface area contributed by atoms with E-state index in [9.17, 15) is 9.18 Å². The monoisotopic (exact) mass is 569 g/mol. The van der Waals surface area contributed by atoms with E-state index < -0.39 is 0 Å². The second kappa shape index (κ2) is 14.7. The van der Waals surface area contributed by atoms with Crippen LogP contribution in [0, 0.1) is 5.82 Å². The number of rotatable bonds is 12. The molecule has 1 saturated heterocycles. The van der Waals surface area contributed by atoms with Crippen LogP contribution >= 0.6 is 35.5 Å². The highest BCUT2D eigenvalue weighted by Gasteiger charge is 2.23. The molecule has 0 spiro atoms. The third-order valence-corrected chi connectivity index (χ3v) is 8.20. The SMILES string of the molecule is COc1ccc(OC)c2sc(N(CCCN3CCOCC3)C(=O)CCCSc3ccc(F)cc3)nc12.Cl. The first kappa shape index (κ1) is 29.4. The van der Waals surface area contributed by atoms with Gasteiger partial charge < -0.3 is 14.2 Å². The molecule has 4 rings (SSSR count). The zero-order valence-corrected chi connectivity index (χ0v) is 23.6. The van der Waals surface area contributed by atoms with E-state index in [1.54, 1.807) is 38.1 Å². The van der Waals surface area contributed by atoms with Gasteiger partial charge >= 0.3 is 0 Å². The summed E-state index contributed by atoms with van der Waals surface area (Å²) in [6.45, 7) is 4.85. The van der Waals surface area contributed by atoms with Gasteiger partial charge in [0, 0.05) is 37.5 Å². The number of benzene rings is 2. The van der Waals surface area contributed by atoms with Gasteiger partial charge in [-0.1, -0.05) is 11.3 Å². The highest BCUT2D eigenvalue weighted by atomic mass is 35.5. The van der Waals surface area contributed by atoms with Crippen molar-refractivity contribution in [2.45, 2.75) is 24.2 Å². The summed E-state index contributed by atoms with van der Waals surface area (Å²) in [5.41, 5.74) is 0.703. The molecular weight excluding hydrogens is 537 g/mol. The summed E-state index contributed by atoms with van der Waals surface area (Å²) in [4.78, 5) is 23.4. The molecule has 37 heavy (non-hydrogen) atoms. The van der Waals surface area contributed by atoms with E-state index >= 15 is 0 Å². The largest absolute Gasteiger partial charge is 0.495 e. The minimum Gasteiger partial charge on any atom is -0.495 e. The van der Waals surface area contributed by atoms with Gasteiger partial charge in [-0.25, -0.2) is 9.37 Å². The van der Waals surface area contributed by atoms with Gasteiger partial charge in [0.2, 0.25) is 5.91 Å². The zero-order chi connectivity index (χ0) is 25.3. The number of thioether (sulfide) groups is 1. The Morgan fingerprint density at radius 3 is 2.51 bits per heavy atom. The summed E-state index contributed by atoms with van der Waals surface area (Å²) >= 11 is 3.08. The number of halogens is 2. The molecule has 3 aromatic rings. The summed E-state index contributed by atoms with van der Waals surface area (Å²) < 4.78 is 30.5. The van der Waals surface area contributed by atoms with Crippen LogP contribution < -0.4 is 14.4 Å². The van der Waals surface area contributed by atoms with Crippen molar-refractivity contribution in [1.82, 2.24) is 9.88 Å². The van der Waals surface area contributed by atoms with Crippen LogP contribution in [0.5, 0.6) is 11.5 Å². The fraction of sp³-hybridized carbons (Fsp3) is 0.462. The van der Waals surface area contributed by atoms with Crippen molar-refractivity contribution in [3.05, 3.63) is 42.2 Å². The Morgan fingerprint density at radius 1 is 1.11 bits per heavy atom. The highest BCUT2D eigenvalue weighted by Crippen LogP contribution is 2.40. The lowest BCUT2D eigenvalue weighted by Crippen LogP contribution is -2.39. The van der Waals surface area contributed by atoms with Crippen molar-refractivity contribution in [2.75, 3.05) is 64.3 Å². The second-order valence-corrected chi connectivity index (χ2v) is 10.5. The van der Waals surface area contributed by atoms with Gasteiger partial charge in [0.25, 0.3) is 0 Å². The van der Waals surface area contributed by atoms with Crippen LogP contribution in [-0.4, -0.2) is 75.2 Å². The number of hydrogen-bond acceptors (Lipinski definition) is 8. The Labute approximate surface area is 231 Å². The van der Waals surface area contributed by atoms with Gasteiger partial charge in [0.05, 0.1) is 27.4 Å². The number of amides is 1. The number of hydrogen-bond donors (Lipinski definition) is 0. The predicted octanol–water partition coefficient (Wildman–Crippen LogP) is 5.50. The fourth-order valence-electron chi connectivity index (χ4n) is 4.07. The number of carbonyl (C=O) groups excluding carboxylic acids is 1. The molecule has 7 nitrogen and oxygen atoms in total. The molecule has 2 aromatic carbocycles. The number of anilines is 1. The zero-order valence-electron chi connectivity index (χ0n) is 21.1. The summed E-state index contributed by atoms with van der Waals surface area (Å²) in [7, 11) is 3.25. The molecule has 0 bridgehead atoms. The molecule has 1 amide bonds. The number of aromatic nitrogens is 1. The van der Waals surface area contributed by atoms with Crippen molar-refractivity contribution in [2.24, 2.45) is 0 Å². The van der Waals surface area contributed by atoms with Gasteiger partial charge in [-0.15, -0.1) is 24.2 Å². The van der Waals surface area contributed by atoms with Crippen molar-refractivity contribution in [3.63, 3.8) is 0 Å². The molecule has 0 unspecified atom stereocenters. The number of methoxy groups -OCH3 is 2. The molecule has 0 aliphatic carbocycles. The van der Waals surface area contributed by atoms with E-state index in [0.717, 1.165) is 61.0 Å². The van der Waals surface area contributed by atoms with Crippen LogP contribution in [0.1, 0.15) is 19.3 Å². The van der Waals surface area contributed by atoms with Crippen LogP contribution in [0.3, 0.4) is 0 Å². The lowest BCUT2D eigenvalue weighted by atomic mass is 10.2. The first-order valence-electron chi connectivity index (χ1n) is 12.1. The normalized spacial score (nSPS) is 13.8. The summed E-state index contributed by atoms with van der Waals surface area (Å²) in [5, 5.41) is 0.658. The second-order valence-electron chi connectivity index (χ2n) is 8.40. The van der Waals surface area contributed by atoms with E-state index in [-0.39, 0.29) is 24.1 Å². The molecule has 2 heterocycles. The molecule has 1 aromatic heterocycles. The Hall–Kier alpha value is -2.11. The van der Waals surface area contributed by atoms with Crippen molar-refractivity contribution in [1.29, 1.82) is 0 Å². The number of fused-ring (bicyclic) bond motifs is 1. The van der Waals surface area contributed by atoms with Crippen molar-refractivity contribution in [3.8, 4) is 11.5 Å². The Balaban J connectivity index is 0.00000380. The van der Waals surface area contributed by atoms with Crippen LogP contribution in [0.25, 0.3) is 10.2 Å². The van der Waals surface area contributed by atoms with E-state index in [1.807, 2.05) is 17.0 Å².